The number of hydrogen-bond donors (Lipinski definition) is 0. The summed E-state index contributed by atoms with van der Waals surface area (Å²) in [6.07, 6.45) is 1.82. The van der Waals surface area contributed by atoms with E-state index in [9.17, 15) is 14.4 Å². The Bertz CT molecular complexity index is 1130. The van der Waals surface area contributed by atoms with E-state index in [4.69, 9.17) is 16.3 Å². The minimum absolute atomic E-state index is 0.0301. The molecule has 4 rings (SSSR count). The van der Waals surface area contributed by atoms with Gasteiger partial charge in [-0.1, -0.05) is 11.6 Å². The van der Waals surface area contributed by atoms with Gasteiger partial charge in [0.15, 0.2) is 5.78 Å². The number of aromatic nitrogens is 1. The Kier molecular flexibility index (Phi) is 5.60. The van der Waals surface area contributed by atoms with Crippen molar-refractivity contribution in [3.63, 3.8) is 0 Å². The number of esters is 1. The molecule has 3 heterocycles. The van der Waals surface area contributed by atoms with Gasteiger partial charge in [0, 0.05) is 49.2 Å². The molecule has 3 unspecified atom stereocenters. The van der Waals surface area contributed by atoms with Gasteiger partial charge in [-0.25, -0.2) is 4.79 Å². The van der Waals surface area contributed by atoms with Crippen LogP contribution in [0.15, 0.2) is 17.1 Å². The lowest BCUT2D eigenvalue weighted by Gasteiger charge is -2.44. The van der Waals surface area contributed by atoms with Gasteiger partial charge < -0.3 is 14.2 Å². The van der Waals surface area contributed by atoms with Crippen LogP contribution in [0.5, 0.6) is 0 Å². The van der Waals surface area contributed by atoms with E-state index in [2.05, 4.69) is 30.7 Å². The van der Waals surface area contributed by atoms with Gasteiger partial charge in [0.25, 0.3) is 0 Å². The van der Waals surface area contributed by atoms with Crippen LogP contribution in [0.25, 0.3) is 10.9 Å². The van der Waals surface area contributed by atoms with Gasteiger partial charge in [0.05, 0.1) is 28.4 Å². The molecule has 2 aliphatic rings. The summed E-state index contributed by atoms with van der Waals surface area (Å²) in [5, 5.41) is 0.642. The number of likely N-dealkylation sites (N-methyl/N-ethyl adjacent to an activating group) is 1. The van der Waals surface area contributed by atoms with Crippen LogP contribution in [0.2, 0.25) is 5.02 Å². The van der Waals surface area contributed by atoms with Crippen LogP contribution >= 0.6 is 11.6 Å². The number of hydrogen-bond acceptors (Lipinski definition) is 6. The molecule has 31 heavy (non-hydrogen) atoms. The van der Waals surface area contributed by atoms with Gasteiger partial charge >= 0.3 is 5.97 Å². The molecule has 2 aromatic rings. The summed E-state index contributed by atoms with van der Waals surface area (Å²) in [4.78, 5) is 43.3. The third-order valence-corrected chi connectivity index (χ3v) is 6.94. The summed E-state index contributed by atoms with van der Waals surface area (Å²) in [6, 6.07) is 1.99. The van der Waals surface area contributed by atoms with E-state index in [1.165, 1.54) is 6.20 Å². The molecule has 0 bridgehead atoms. The number of Topliss-reactive ketones (excluding diaryl/α,β-unsaturated/α-hetero) is 1. The van der Waals surface area contributed by atoms with Crippen molar-refractivity contribution in [3.05, 3.63) is 38.6 Å². The first-order chi connectivity index (χ1) is 14.6. The molecule has 1 aromatic carbocycles. The number of carbonyl (C=O) groups excluding carboxylic acids is 2. The Morgan fingerprint density at radius 3 is 2.42 bits per heavy atom. The highest BCUT2D eigenvalue weighted by molar-refractivity contribution is 6.36. The molecule has 0 amide bonds. The normalized spacial score (nSPS) is 24.0. The lowest BCUT2D eigenvalue weighted by Crippen LogP contribution is -2.55. The van der Waals surface area contributed by atoms with E-state index in [0.29, 0.717) is 21.8 Å². The van der Waals surface area contributed by atoms with E-state index in [1.807, 2.05) is 11.5 Å². The van der Waals surface area contributed by atoms with Crippen molar-refractivity contribution in [3.8, 4) is 0 Å². The van der Waals surface area contributed by atoms with Crippen molar-refractivity contribution in [1.29, 1.82) is 0 Å². The number of ether oxygens (including phenoxy) is 1. The molecule has 8 heteroatoms. The Balaban J connectivity index is 2.00. The molecule has 1 fully saturated rings. The third kappa shape index (κ3) is 3.44. The monoisotopic (exact) mass is 445 g/mol. The summed E-state index contributed by atoms with van der Waals surface area (Å²) in [7, 11) is 2.10. The number of ketones is 1. The maximum Gasteiger partial charge on any atom is 0.343 e. The second kappa shape index (κ2) is 7.95. The van der Waals surface area contributed by atoms with Crippen molar-refractivity contribution in [1.82, 2.24) is 9.47 Å². The van der Waals surface area contributed by atoms with Crippen LogP contribution in [0.4, 0.5) is 5.69 Å². The molecule has 0 N–H and O–H groups in total. The molecule has 0 saturated carbocycles. The van der Waals surface area contributed by atoms with Crippen LogP contribution < -0.4 is 10.3 Å². The number of rotatable bonds is 3. The highest BCUT2D eigenvalue weighted by Gasteiger charge is 2.35. The number of halogens is 1. The minimum Gasteiger partial charge on any atom is -0.462 e. The molecule has 1 saturated heterocycles. The van der Waals surface area contributed by atoms with Gasteiger partial charge in [-0.05, 0) is 40.8 Å². The lowest BCUT2D eigenvalue weighted by molar-refractivity contribution is 0.0524. The minimum atomic E-state index is -0.661. The Labute approximate surface area is 186 Å². The summed E-state index contributed by atoms with van der Waals surface area (Å²) in [6.45, 7) is 9.54. The largest absolute Gasteiger partial charge is 0.462 e. The van der Waals surface area contributed by atoms with Gasteiger partial charge in [0.1, 0.15) is 5.56 Å². The maximum absolute atomic E-state index is 13.3. The molecule has 0 aliphatic carbocycles. The fourth-order valence-electron chi connectivity index (χ4n) is 4.81. The second-order valence-electron chi connectivity index (χ2n) is 8.72. The van der Waals surface area contributed by atoms with Crippen LogP contribution in [-0.4, -0.2) is 60.0 Å². The van der Waals surface area contributed by atoms with E-state index in [-0.39, 0.29) is 47.9 Å². The SMILES string of the molecule is CCOC(=O)c1cn2c3c(c(N4CC(C)N(C)C(C)C4)c(Cl)cc3c1=O)C(=O)CC2C. The number of nitrogens with zero attached hydrogens (tertiary/aromatic N) is 3. The third-order valence-electron chi connectivity index (χ3n) is 6.65. The first kappa shape index (κ1) is 21.8. The summed E-state index contributed by atoms with van der Waals surface area (Å²) < 4.78 is 6.94. The zero-order chi connectivity index (χ0) is 22.6. The van der Waals surface area contributed by atoms with Gasteiger partial charge in [0.2, 0.25) is 5.43 Å². The predicted octanol–water partition coefficient (Wildman–Crippen LogP) is 3.51. The van der Waals surface area contributed by atoms with Gasteiger partial charge in [-0.15, -0.1) is 0 Å². The predicted molar refractivity (Wildman–Crippen MR) is 122 cm³/mol. The fourth-order valence-corrected chi connectivity index (χ4v) is 5.13. The van der Waals surface area contributed by atoms with Crippen molar-refractivity contribution >= 4 is 39.9 Å². The standard InChI is InChI=1S/C23H28ClN3O4/c1-6-31-23(30)16-11-27-12(2)7-18(28)19-20(27)15(22(16)29)8-17(24)21(19)26-9-13(3)25(5)14(4)10-26/h8,11-14H,6-7,9-10H2,1-5H3. The van der Waals surface area contributed by atoms with Crippen LogP contribution in [-0.2, 0) is 4.74 Å². The van der Waals surface area contributed by atoms with E-state index in [0.717, 1.165) is 13.1 Å². The summed E-state index contributed by atoms with van der Waals surface area (Å²) in [5.74, 6) is -0.691. The number of carbonyl (C=O) groups is 2. The molecule has 1 aromatic heterocycles. The van der Waals surface area contributed by atoms with E-state index in [1.54, 1.807) is 13.0 Å². The summed E-state index contributed by atoms with van der Waals surface area (Å²) >= 11 is 6.72. The zero-order valence-electron chi connectivity index (χ0n) is 18.6. The molecular weight excluding hydrogens is 418 g/mol. The van der Waals surface area contributed by atoms with E-state index < -0.39 is 11.4 Å². The van der Waals surface area contributed by atoms with Gasteiger partial charge in [-0.3, -0.25) is 14.5 Å². The summed E-state index contributed by atoms with van der Waals surface area (Å²) in [5.41, 5.74) is 1.24. The highest BCUT2D eigenvalue weighted by atomic mass is 35.5. The van der Waals surface area contributed by atoms with Crippen LogP contribution in [0.3, 0.4) is 0 Å². The van der Waals surface area contributed by atoms with Crippen molar-refractivity contribution < 1.29 is 14.3 Å². The Hall–Kier alpha value is -2.38. The van der Waals surface area contributed by atoms with Crippen molar-refractivity contribution in [2.24, 2.45) is 0 Å². The average Bonchev–Trinajstić information content (AvgIpc) is 2.70. The molecule has 166 valence electrons. The number of pyridine rings is 1. The molecule has 7 nitrogen and oxygen atoms in total. The molecule has 3 atom stereocenters. The van der Waals surface area contributed by atoms with Crippen molar-refractivity contribution in [2.75, 3.05) is 31.6 Å². The quantitative estimate of drug-likeness (QED) is 0.673. The maximum atomic E-state index is 13.3. The Morgan fingerprint density at radius 2 is 1.81 bits per heavy atom. The topological polar surface area (TPSA) is 71.8 Å². The van der Waals surface area contributed by atoms with Crippen molar-refractivity contribution in [2.45, 2.75) is 52.2 Å². The fraction of sp³-hybridized carbons (Fsp3) is 0.522. The number of anilines is 1. The molecule has 2 aliphatic heterocycles. The Morgan fingerprint density at radius 1 is 1.16 bits per heavy atom. The first-order valence-electron chi connectivity index (χ1n) is 10.7. The van der Waals surface area contributed by atoms with Crippen LogP contribution in [0, 0.1) is 0 Å². The number of benzene rings is 1. The second-order valence-corrected chi connectivity index (χ2v) is 9.13. The molecule has 0 spiro atoms. The van der Waals surface area contributed by atoms with Gasteiger partial charge in [-0.2, -0.15) is 0 Å². The van der Waals surface area contributed by atoms with Crippen LogP contribution in [0.1, 0.15) is 60.9 Å². The lowest BCUT2D eigenvalue weighted by atomic mass is 9.92. The number of piperazine rings is 1. The molecule has 0 radical (unpaired) electrons. The van der Waals surface area contributed by atoms with E-state index >= 15 is 0 Å². The highest BCUT2D eigenvalue weighted by Crippen LogP contribution is 2.41. The first-order valence-corrected chi connectivity index (χ1v) is 11.1. The average molecular weight is 446 g/mol. The smallest absolute Gasteiger partial charge is 0.343 e. The molecular formula is C23H28ClN3O4. The zero-order valence-corrected chi connectivity index (χ0v) is 19.3.